The molecule has 1 N–H and O–H groups in total. The van der Waals surface area contributed by atoms with Crippen LogP contribution in [-0.4, -0.2) is 37.0 Å². The van der Waals surface area contributed by atoms with Crippen molar-refractivity contribution in [1.82, 2.24) is 10.4 Å². The van der Waals surface area contributed by atoms with Gasteiger partial charge in [-0.05, 0) is 48.9 Å². The molecule has 0 aliphatic carbocycles. The number of anilines is 1. The first-order valence-electron chi connectivity index (χ1n) is 8.71. The quantitative estimate of drug-likeness (QED) is 0.334. The normalized spacial score (nSPS) is 11.1. The van der Waals surface area contributed by atoms with Gasteiger partial charge in [0.1, 0.15) is 0 Å². The smallest absolute Gasteiger partial charge is 0.250 e. The minimum Gasteiger partial charge on any atom is -0.378 e. The maximum atomic E-state index is 12.2. The summed E-state index contributed by atoms with van der Waals surface area (Å²) in [5, 5.41) is 5.08. The van der Waals surface area contributed by atoms with Crippen LogP contribution in [-0.2, 0) is 4.79 Å². The van der Waals surface area contributed by atoms with Gasteiger partial charge in [0.15, 0.2) is 0 Å². The number of carbonyl (C=O) groups is 1. The molecule has 0 radical (unpaired) electrons. The minimum atomic E-state index is -0.149. The van der Waals surface area contributed by atoms with Crippen LogP contribution in [0.4, 0.5) is 5.69 Å². The lowest BCUT2D eigenvalue weighted by Gasteiger charge is -2.11. The van der Waals surface area contributed by atoms with Crippen LogP contribution >= 0.6 is 27.7 Å². The summed E-state index contributed by atoms with van der Waals surface area (Å²) in [6.45, 7) is 1.96. The van der Waals surface area contributed by atoms with E-state index >= 15 is 0 Å². The number of pyridine rings is 1. The second-order valence-electron chi connectivity index (χ2n) is 6.49. The van der Waals surface area contributed by atoms with Gasteiger partial charge in [-0.15, -0.1) is 11.8 Å². The van der Waals surface area contributed by atoms with Crippen molar-refractivity contribution in [3.05, 3.63) is 64.3 Å². The molecule has 7 heteroatoms. The number of carbonyl (C=O) groups excluding carboxylic acids is 1. The first-order valence-corrected chi connectivity index (χ1v) is 10.5. The predicted molar refractivity (Wildman–Crippen MR) is 121 cm³/mol. The summed E-state index contributed by atoms with van der Waals surface area (Å²) in [6.07, 6.45) is 1.64. The molecule has 28 heavy (non-hydrogen) atoms. The van der Waals surface area contributed by atoms with Gasteiger partial charge in [-0.3, -0.25) is 9.78 Å². The second kappa shape index (κ2) is 9.21. The largest absolute Gasteiger partial charge is 0.378 e. The topological polar surface area (TPSA) is 57.6 Å². The Bertz CT molecular complexity index is 1020. The Balaban J connectivity index is 1.60. The molecule has 0 aliphatic rings. The van der Waals surface area contributed by atoms with E-state index in [0.717, 1.165) is 37.2 Å². The van der Waals surface area contributed by atoms with Crippen molar-refractivity contribution in [3.63, 3.8) is 0 Å². The standard InChI is InChI=1S/C21H21BrN4OS/c1-14-10-20(18-11-16(22)6-9-19(18)24-14)28-13-21(27)25-23-12-15-4-7-17(8-5-15)26(2)3/h4-12H,13H2,1-3H3,(H,25,27)/b23-12+. The highest BCUT2D eigenvalue weighted by Crippen LogP contribution is 2.29. The lowest BCUT2D eigenvalue weighted by atomic mass is 10.2. The lowest BCUT2D eigenvalue weighted by Crippen LogP contribution is -2.19. The van der Waals surface area contributed by atoms with Crippen LogP contribution in [0.15, 0.2) is 63.0 Å². The van der Waals surface area contributed by atoms with E-state index in [1.807, 2.05) is 74.4 Å². The molecule has 0 saturated heterocycles. The number of benzene rings is 2. The van der Waals surface area contributed by atoms with E-state index in [2.05, 4.69) is 31.4 Å². The van der Waals surface area contributed by atoms with Crippen LogP contribution in [0.2, 0.25) is 0 Å². The third kappa shape index (κ3) is 5.33. The third-order valence-corrected chi connectivity index (χ3v) is 5.58. The number of nitrogens with zero attached hydrogens (tertiary/aromatic N) is 3. The summed E-state index contributed by atoms with van der Waals surface area (Å²) < 4.78 is 0.988. The van der Waals surface area contributed by atoms with Crippen molar-refractivity contribution >= 4 is 56.4 Å². The van der Waals surface area contributed by atoms with E-state index in [1.165, 1.54) is 11.8 Å². The highest BCUT2D eigenvalue weighted by molar-refractivity contribution is 9.10. The van der Waals surface area contributed by atoms with Gasteiger partial charge >= 0.3 is 0 Å². The van der Waals surface area contributed by atoms with Crippen LogP contribution in [0.25, 0.3) is 10.9 Å². The van der Waals surface area contributed by atoms with E-state index in [1.54, 1.807) is 6.21 Å². The fraction of sp³-hybridized carbons (Fsp3) is 0.190. The molecule has 1 aromatic heterocycles. The van der Waals surface area contributed by atoms with Crippen molar-refractivity contribution in [3.8, 4) is 0 Å². The van der Waals surface area contributed by atoms with E-state index < -0.39 is 0 Å². The fourth-order valence-electron chi connectivity index (χ4n) is 2.63. The Hall–Kier alpha value is -2.38. The van der Waals surface area contributed by atoms with Crippen LogP contribution in [0.5, 0.6) is 0 Å². The molecule has 0 fully saturated rings. The molecule has 0 unspecified atom stereocenters. The lowest BCUT2D eigenvalue weighted by molar-refractivity contribution is -0.118. The summed E-state index contributed by atoms with van der Waals surface area (Å²) in [6, 6.07) is 15.9. The summed E-state index contributed by atoms with van der Waals surface area (Å²) in [5.74, 6) is 0.130. The molecule has 3 rings (SSSR count). The van der Waals surface area contributed by atoms with Gasteiger partial charge in [-0.1, -0.05) is 28.1 Å². The van der Waals surface area contributed by atoms with Crippen molar-refractivity contribution in [1.29, 1.82) is 0 Å². The fourth-order valence-corrected chi connectivity index (χ4v) is 3.91. The number of fused-ring (bicyclic) bond motifs is 1. The Morgan fingerprint density at radius 3 is 2.68 bits per heavy atom. The van der Waals surface area contributed by atoms with Crippen LogP contribution in [0.3, 0.4) is 0 Å². The Morgan fingerprint density at radius 2 is 1.96 bits per heavy atom. The SMILES string of the molecule is Cc1cc(SCC(=O)N/N=C/c2ccc(N(C)C)cc2)c2cc(Br)ccc2n1. The van der Waals surface area contributed by atoms with E-state index in [4.69, 9.17) is 0 Å². The Morgan fingerprint density at radius 1 is 1.21 bits per heavy atom. The summed E-state index contributed by atoms with van der Waals surface area (Å²) in [5.41, 5.74) is 6.48. The van der Waals surface area contributed by atoms with Crippen LogP contribution in [0.1, 0.15) is 11.3 Å². The highest BCUT2D eigenvalue weighted by Gasteiger charge is 2.08. The van der Waals surface area contributed by atoms with Crippen molar-refractivity contribution < 1.29 is 4.79 Å². The van der Waals surface area contributed by atoms with E-state index in [9.17, 15) is 4.79 Å². The average Bonchev–Trinajstić information content (AvgIpc) is 2.67. The zero-order chi connectivity index (χ0) is 20.1. The Labute approximate surface area is 177 Å². The van der Waals surface area contributed by atoms with Crippen LogP contribution in [0, 0.1) is 6.92 Å². The third-order valence-electron chi connectivity index (χ3n) is 4.03. The number of aryl methyl sites for hydroxylation is 1. The summed E-state index contributed by atoms with van der Waals surface area (Å²) in [7, 11) is 3.99. The molecular formula is C21H21BrN4OS. The molecule has 5 nitrogen and oxygen atoms in total. The molecule has 0 bridgehead atoms. The number of halogens is 1. The van der Waals surface area contributed by atoms with Crippen molar-refractivity contribution in [2.45, 2.75) is 11.8 Å². The summed E-state index contributed by atoms with van der Waals surface area (Å²) >= 11 is 4.98. The van der Waals surface area contributed by atoms with Gasteiger partial charge in [0.25, 0.3) is 0 Å². The zero-order valence-electron chi connectivity index (χ0n) is 15.9. The van der Waals surface area contributed by atoms with Crippen molar-refractivity contribution in [2.24, 2.45) is 5.10 Å². The molecule has 3 aromatic rings. The molecule has 0 spiro atoms. The number of aromatic nitrogens is 1. The average molecular weight is 457 g/mol. The van der Waals surface area contributed by atoms with E-state index in [-0.39, 0.29) is 11.7 Å². The highest BCUT2D eigenvalue weighted by atomic mass is 79.9. The predicted octanol–water partition coefficient (Wildman–Crippen LogP) is 4.61. The first-order chi connectivity index (χ1) is 13.4. The number of hydrogen-bond donors (Lipinski definition) is 1. The van der Waals surface area contributed by atoms with E-state index in [0.29, 0.717) is 0 Å². The maximum Gasteiger partial charge on any atom is 0.250 e. The van der Waals surface area contributed by atoms with Gasteiger partial charge in [0, 0.05) is 40.2 Å². The molecule has 0 saturated carbocycles. The monoisotopic (exact) mass is 456 g/mol. The van der Waals surface area contributed by atoms with Gasteiger partial charge < -0.3 is 4.90 Å². The maximum absolute atomic E-state index is 12.2. The first kappa shape index (κ1) is 20.4. The molecule has 0 atom stereocenters. The van der Waals surface area contributed by atoms with Gasteiger partial charge in [-0.2, -0.15) is 5.10 Å². The minimum absolute atomic E-state index is 0.149. The number of thioether (sulfide) groups is 1. The molecule has 1 amide bonds. The number of hydrogen-bond acceptors (Lipinski definition) is 5. The van der Waals surface area contributed by atoms with Crippen molar-refractivity contribution in [2.75, 3.05) is 24.7 Å². The van der Waals surface area contributed by atoms with Gasteiger partial charge in [-0.25, -0.2) is 5.43 Å². The van der Waals surface area contributed by atoms with Gasteiger partial charge in [0.05, 0.1) is 17.5 Å². The molecule has 144 valence electrons. The number of rotatable bonds is 6. The molecule has 2 aromatic carbocycles. The summed E-state index contributed by atoms with van der Waals surface area (Å²) in [4.78, 5) is 19.8. The number of hydrazone groups is 1. The second-order valence-corrected chi connectivity index (χ2v) is 8.42. The molecule has 1 heterocycles. The molecular weight excluding hydrogens is 436 g/mol. The number of nitrogens with one attached hydrogen (secondary N) is 1. The van der Waals surface area contributed by atoms with Crippen LogP contribution < -0.4 is 10.3 Å². The Kier molecular flexibility index (Phi) is 6.70. The number of amides is 1. The van der Waals surface area contributed by atoms with Gasteiger partial charge in [0.2, 0.25) is 5.91 Å². The molecule has 0 aliphatic heterocycles. The zero-order valence-corrected chi connectivity index (χ0v) is 18.3.